The summed E-state index contributed by atoms with van der Waals surface area (Å²) >= 11 is 0. The van der Waals surface area contributed by atoms with Gasteiger partial charge in [-0.25, -0.2) is 0 Å². The molecule has 0 aliphatic rings. The Morgan fingerprint density at radius 2 is 1.72 bits per heavy atom. The van der Waals surface area contributed by atoms with Gasteiger partial charge in [0.05, 0.1) is 7.11 Å². The van der Waals surface area contributed by atoms with Gasteiger partial charge in [0.15, 0.2) is 0 Å². The van der Waals surface area contributed by atoms with Crippen LogP contribution in [0.2, 0.25) is 0 Å². The lowest BCUT2D eigenvalue weighted by atomic mass is 10.0. The largest absolute Gasteiger partial charge is 0.497 e. The highest BCUT2D eigenvalue weighted by Gasteiger charge is 2.12. The van der Waals surface area contributed by atoms with E-state index in [0.29, 0.717) is 12.5 Å². The molecular weight excluding hydrogens is 338 g/mol. The van der Waals surface area contributed by atoms with Crippen molar-refractivity contribution in [1.82, 2.24) is 4.90 Å². The number of carbonyl (C=O) groups is 1. The van der Waals surface area contributed by atoms with E-state index in [1.807, 2.05) is 12.1 Å². The molecule has 1 aromatic rings. The molecule has 0 fully saturated rings. The van der Waals surface area contributed by atoms with Gasteiger partial charge in [-0.3, -0.25) is 4.79 Å². The van der Waals surface area contributed by atoms with Gasteiger partial charge in [-0.05, 0) is 57.0 Å². The quantitative estimate of drug-likeness (QED) is 0.506. The molecule has 1 unspecified atom stereocenters. The van der Waals surface area contributed by atoms with E-state index in [9.17, 15) is 4.79 Å². The molecular formula is C20H34ClNO3. The van der Waals surface area contributed by atoms with E-state index in [-0.39, 0.29) is 12.4 Å². The lowest BCUT2D eigenvalue weighted by Gasteiger charge is -2.28. The maximum absolute atomic E-state index is 10.5. The van der Waals surface area contributed by atoms with E-state index >= 15 is 0 Å². The molecule has 0 saturated heterocycles. The van der Waals surface area contributed by atoms with Crippen molar-refractivity contribution in [3.63, 3.8) is 0 Å². The molecule has 0 spiro atoms. The summed E-state index contributed by atoms with van der Waals surface area (Å²) in [6.07, 6.45) is 6.70. The lowest BCUT2D eigenvalue weighted by Crippen LogP contribution is -2.35. The molecule has 0 radical (unpaired) electrons. The van der Waals surface area contributed by atoms with Gasteiger partial charge < -0.3 is 14.7 Å². The van der Waals surface area contributed by atoms with Crippen molar-refractivity contribution >= 4 is 18.4 Å². The third-order valence-corrected chi connectivity index (χ3v) is 4.56. The predicted molar refractivity (Wildman–Crippen MR) is 106 cm³/mol. The van der Waals surface area contributed by atoms with Crippen molar-refractivity contribution < 1.29 is 14.6 Å². The monoisotopic (exact) mass is 371 g/mol. The Morgan fingerprint density at radius 3 is 2.28 bits per heavy atom. The first kappa shape index (κ1) is 23.7. The first-order valence-electron chi connectivity index (χ1n) is 9.15. The Labute approximate surface area is 159 Å². The van der Waals surface area contributed by atoms with Crippen molar-refractivity contribution in [3.8, 4) is 5.75 Å². The minimum atomic E-state index is -0.681. The zero-order chi connectivity index (χ0) is 17.8. The standard InChI is InChI=1S/C20H33NO3.ClH/c1-4-21(15-9-7-5-6-8-10-20(22)23)17(2)16-18-11-13-19(24-3)14-12-18;/h11-14,17H,4-10,15-16H2,1-3H3,(H,22,23);1H. The van der Waals surface area contributed by atoms with Crippen LogP contribution in [0, 0.1) is 0 Å². The average Bonchev–Trinajstić information content (AvgIpc) is 2.57. The lowest BCUT2D eigenvalue weighted by molar-refractivity contribution is -0.137. The molecule has 25 heavy (non-hydrogen) atoms. The van der Waals surface area contributed by atoms with E-state index in [1.54, 1.807) is 7.11 Å². The predicted octanol–water partition coefficient (Wildman–Crippen LogP) is 4.80. The summed E-state index contributed by atoms with van der Waals surface area (Å²) in [5.41, 5.74) is 1.34. The maximum atomic E-state index is 10.5. The zero-order valence-corrected chi connectivity index (χ0v) is 16.7. The average molecular weight is 372 g/mol. The Kier molecular flexibility index (Phi) is 13.3. The van der Waals surface area contributed by atoms with Gasteiger partial charge in [0.25, 0.3) is 0 Å². The van der Waals surface area contributed by atoms with Crippen LogP contribution in [-0.4, -0.2) is 42.2 Å². The van der Waals surface area contributed by atoms with Gasteiger partial charge in [-0.1, -0.05) is 38.3 Å². The number of likely N-dealkylation sites (N-methyl/N-ethyl adjacent to an activating group) is 1. The fourth-order valence-corrected chi connectivity index (χ4v) is 3.04. The highest BCUT2D eigenvalue weighted by Crippen LogP contribution is 2.15. The van der Waals surface area contributed by atoms with Crippen LogP contribution in [0.3, 0.4) is 0 Å². The third kappa shape index (κ3) is 10.4. The number of methoxy groups -OCH3 is 1. The van der Waals surface area contributed by atoms with Gasteiger partial charge in [0.2, 0.25) is 0 Å². The second-order valence-electron chi connectivity index (χ2n) is 6.44. The molecule has 0 saturated carbocycles. The molecule has 1 aromatic carbocycles. The van der Waals surface area contributed by atoms with Crippen LogP contribution in [-0.2, 0) is 11.2 Å². The van der Waals surface area contributed by atoms with Crippen molar-refractivity contribution in [3.05, 3.63) is 29.8 Å². The fourth-order valence-electron chi connectivity index (χ4n) is 3.04. The van der Waals surface area contributed by atoms with Crippen LogP contribution in [0.4, 0.5) is 0 Å². The second-order valence-corrected chi connectivity index (χ2v) is 6.44. The minimum absolute atomic E-state index is 0. The van der Waals surface area contributed by atoms with E-state index in [0.717, 1.165) is 44.5 Å². The SMILES string of the molecule is CCN(CCCCCCCC(=O)O)C(C)Cc1ccc(OC)cc1.Cl. The van der Waals surface area contributed by atoms with Crippen molar-refractivity contribution in [2.24, 2.45) is 0 Å². The number of nitrogens with zero attached hydrogens (tertiary/aromatic N) is 1. The molecule has 4 nitrogen and oxygen atoms in total. The van der Waals surface area contributed by atoms with Crippen LogP contribution >= 0.6 is 12.4 Å². The normalized spacial score (nSPS) is 11.8. The van der Waals surface area contributed by atoms with Crippen molar-refractivity contribution in [2.45, 2.75) is 64.8 Å². The molecule has 1 atom stereocenters. The Hall–Kier alpha value is -1.26. The molecule has 0 heterocycles. The summed E-state index contributed by atoms with van der Waals surface area (Å²) in [6.45, 7) is 6.70. The first-order chi connectivity index (χ1) is 11.6. The summed E-state index contributed by atoms with van der Waals surface area (Å²) in [5, 5.41) is 8.62. The molecule has 1 rings (SSSR count). The van der Waals surface area contributed by atoms with Crippen molar-refractivity contribution in [2.75, 3.05) is 20.2 Å². The molecule has 0 bridgehead atoms. The summed E-state index contributed by atoms with van der Waals surface area (Å²) in [5.74, 6) is 0.223. The second kappa shape index (κ2) is 14.0. The highest BCUT2D eigenvalue weighted by atomic mass is 35.5. The van der Waals surface area contributed by atoms with Gasteiger partial charge in [-0.15, -0.1) is 12.4 Å². The van der Waals surface area contributed by atoms with E-state index in [1.165, 1.54) is 18.4 Å². The molecule has 0 amide bonds. The number of ether oxygens (including phenoxy) is 1. The van der Waals surface area contributed by atoms with E-state index in [2.05, 4.69) is 30.9 Å². The van der Waals surface area contributed by atoms with Gasteiger partial charge >= 0.3 is 5.97 Å². The molecule has 0 aromatic heterocycles. The van der Waals surface area contributed by atoms with Gasteiger partial charge in [0.1, 0.15) is 5.75 Å². The van der Waals surface area contributed by atoms with Crippen LogP contribution in [0.1, 0.15) is 57.9 Å². The van der Waals surface area contributed by atoms with Crippen LogP contribution in [0.15, 0.2) is 24.3 Å². The highest BCUT2D eigenvalue weighted by molar-refractivity contribution is 5.85. The summed E-state index contributed by atoms with van der Waals surface area (Å²) in [7, 11) is 1.69. The Bertz CT molecular complexity index is 465. The molecule has 144 valence electrons. The molecule has 0 aliphatic carbocycles. The summed E-state index contributed by atoms with van der Waals surface area (Å²) < 4.78 is 5.21. The molecule has 5 heteroatoms. The number of hydrogen-bond acceptors (Lipinski definition) is 3. The number of rotatable bonds is 13. The van der Waals surface area contributed by atoms with Gasteiger partial charge in [-0.2, -0.15) is 0 Å². The van der Waals surface area contributed by atoms with Crippen LogP contribution in [0.25, 0.3) is 0 Å². The minimum Gasteiger partial charge on any atom is -0.497 e. The number of unbranched alkanes of at least 4 members (excludes halogenated alkanes) is 4. The van der Waals surface area contributed by atoms with E-state index in [4.69, 9.17) is 9.84 Å². The number of carboxylic acids is 1. The first-order valence-corrected chi connectivity index (χ1v) is 9.15. The maximum Gasteiger partial charge on any atom is 0.303 e. The number of aliphatic carboxylic acids is 1. The van der Waals surface area contributed by atoms with Gasteiger partial charge in [0, 0.05) is 12.5 Å². The van der Waals surface area contributed by atoms with Crippen molar-refractivity contribution in [1.29, 1.82) is 0 Å². The number of benzene rings is 1. The number of halogens is 1. The van der Waals surface area contributed by atoms with Crippen LogP contribution < -0.4 is 4.74 Å². The topological polar surface area (TPSA) is 49.8 Å². The third-order valence-electron chi connectivity index (χ3n) is 4.56. The number of carboxylic acid groups (broad SMARTS) is 1. The van der Waals surface area contributed by atoms with Crippen LogP contribution in [0.5, 0.6) is 5.75 Å². The number of hydrogen-bond donors (Lipinski definition) is 1. The van der Waals surface area contributed by atoms with E-state index < -0.39 is 5.97 Å². The molecule has 1 N–H and O–H groups in total. The summed E-state index contributed by atoms with van der Waals surface area (Å²) in [6, 6.07) is 8.86. The Morgan fingerprint density at radius 1 is 1.12 bits per heavy atom. The molecule has 0 aliphatic heterocycles. The summed E-state index contributed by atoms with van der Waals surface area (Å²) in [4.78, 5) is 13.0. The Balaban J connectivity index is 0.00000576. The fraction of sp³-hybridized carbons (Fsp3) is 0.650. The zero-order valence-electron chi connectivity index (χ0n) is 15.9. The smallest absolute Gasteiger partial charge is 0.303 e.